The van der Waals surface area contributed by atoms with Gasteiger partial charge in [0.15, 0.2) is 0 Å². The van der Waals surface area contributed by atoms with Crippen LogP contribution in [0.5, 0.6) is 0 Å². The van der Waals surface area contributed by atoms with Crippen molar-refractivity contribution in [2.24, 2.45) is 0 Å². The maximum atomic E-state index is 12.2. The maximum absolute atomic E-state index is 12.2. The molecule has 0 fully saturated rings. The first kappa shape index (κ1) is 12.6. The number of nitrogens with zero attached hydrogens (tertiary/aromatic N) is 1. The molecular weight excluding hydrogens is 272 g/mol. The molecule has 3 aromatic rings. The summed E-state index contributed by atoms with van der Waals surface area (Å²) in [5.41, 5.74) is 3.13. The van der Waals surface area contributed by atoms with Crippen LogP contribution in [0.15, 0.2) is 58.7 Å². The molecule has 1 aromatic carbocycles. The Balaban J connectivity index is 1.77. The van der Waals surface area contributed by atoms with Crippen LogP contribution in [0.4, 0.5) is 0 Å². The van der Waals surface area contributed by atoms with Crippen LogP contribution < -0.4 is 5.32 Å². The van der Waals surface area contributed by atoms with Crippen molar-refractivity contribution < 1.29 is 9.21 Å². The van der Waals surface area contributed by atoms with E-state index in [1.54, 1.807) is 17.8 Å². The summed E-state index contributed by atoms with van der Waals surface area (Å²) in [6.07, 6.45) is 1.58. The van der Waals surface area contributed by atoms with Crippen LogP contribution in [-0.2, 0) is 6.54 Å². The maximum Gasteiger partial charge on any atom is 0.271 e. The molecule has 0 aliphatic carbocycles. The van der Waals surface area contributed by atoms with E-state index in [9.17, 15) is 4.79 Å². The first-order valence-electron chi connectivity index (χ1n) is 6.14. The van der Waals surface area contributed by atoms with Crippen molar-refractivity contribution >= 4 is 17.2 Å². The van der Waals surface area contributed by atoms with Gasteiger partial charge in [0.05, 0.1) is 23.2 Å². The van der Waals surface area contributed by atoms with Gasteiger partial charge in [0.2, 0.25) is 0 Å². The van der Waals surface area contributed by atoms with E-state index in [1.165, 1.54) is 11.3 Å². The van der Waals surface area contributed by atoms with Crippen molar-refractivity contribution in [3.63, 3.8) is 0 Å². The molecule has 0 aliphatic rings. The van der Waals surface area contributed by atoms with Crippen molar-refractivity contribution in [2.75, 3.05) is 0 Å². The van der Waals surface area contributed by atoms with Crippen LogP contribution in [-0.4, -0.2) is 10.9 Å². The third-order valence-electron chi connectivity index (χ3n) is 2.82. The zero-order chi connectivity index (χ0) is 13.8. The molecule has 0 spiro atoms. The van der Waals surface area contributed by atoms with Crippen LogP contribution >= 0.6 is 11.3 Å². The molecule has 0 bridgehead atoms. The highest BCUT2D eigenvalue weighted by Gasteiger charge is 2.16. The molecule has 0 atom stereocenters. The van der Waals surface area contributed by atoms with Crippen LogP contribution in [0, 0.1) is 0 Å². The number of benzene rings is 1. The lowest BCUT2D eigenvalue weighted by Crippen LogP contribution is -2.23. The summed E-state index contributed by atoms with van der Waals surface area (Å²) in [6, 6.07) is 13.4. The molecule has 0 saturated carbocycles. The summed E-state index contributed by atoms with van der Waals surface area (Å²) in [7, 11) is 0. The second-order valence-electron chi connectivity index (χ2n) is 4.16. The van der Waals surface area contributed by atoms with Crippen molar-refractivity contribution in [1.29, 1.82) is 0 Å². The largest absolute Gasteiger partial charge is 0.467 e. The summed E-state index contributed by atoms with van der Waals surface area (Å²) >= 11 is 1.46. The fourth-order valence-electron chi connectivity index (χ4n) is 1.87. The van der Waals surface area contributed by atoms with Crippen molar-refractivity contribution in [2.45, 2.75) is 6.54 Å². The fourth-order valence-corrected chi connectivity index (χ4v) is 2.66. The molecule has 0 saturated heterocycles. The lowest BCUT2D eigenvalue weighted by atomic mass is 10.1. The van der Waals surface area contributed by atoms with Gasteiger partial charge < -0.3 is 9.73 Å². The molecular formula is C15H12N2O2S. The van der Waals surface area contributed by atoms with E-state index >= 15 is 0 Å². The van der Waals surface area contributed by atoms with Gasteiger partial charge in [-0.25, -0.2) is 4.98 Å². The van der Waals surface area contributed by atoms with E-state index < -0.39 is 0 Å². The SMILES string of the molecule is O=C(NCc1ccco1)c1ncsc1-c1ccccc1. The highest BCUT2D eigenvalue weighted by molar-refractivity contribution is 7.13. The van der Waals surface area contributed by atoms with E-state index in [1.807, 2.05) is 36.4 Å². The van der Waals surface area contributed by atoms with Gasteiger partial charge in [-0.15, -0.1) is 11.3 Å². The molecule has 20 heavy (non-hydrogen) atoms. The zero-order valence-electron chi connectivity index (χ0n) is 10.6. The van der Waals surface area contributed by atoms with Crippen molar-refractivity contribution in [3.8, 4) is 10.4 Å². The van der Waals surface area contributed by atoms with Crippen LogP contribution in [0.25, 0.3) is 10.4 Å². The van der Waals surface area contributed by atoms with Gasteiger partial charge in [-0.1, -0.05) is 30.3 Å². The second kappa shape index (κ2) is 5.71. The molecule has 0 radical (unpaired) electrons. The summed E-state index contributed by atoms with van der Waals surface area (Å²) in [6.45, 7) is 0.359. The van der Waals surface area contributed by atoms with Crippen LogP contribution in [0.1, 0.15) is 16.2 Å². The molecule has 100 valence electrons. The Morgan fingerprint density at radius 2 is 2.05 bits per heavy atom. The first-order chi connectivity index (χ1) is 9.84. The Kier molecular flexibility index (Phi) is 3.60. The van der Waals surface area contributed by atoms with Crippen LogP contribution in [0.2, 0.25) is 0 Å². The van der Waals surface area contributed by atoms with Crippen molar-refractivity contribution in [1.82, 2.24) is 10.3 Å². The Bertz CT molecular complexity index is 690. The van der Waals surface area contributed by atoms with E-state index in [0.29, 0.717) is 12.2 Å². The van der Waals surface area contributed by atoms with E-state index in [-0.39, 0.29) is 5.91 Å². The van der Waals surface area contributed by atoms with E-state index in [0.717, 1.165) is 16.2 Å². The third kappa shape index (κ3) is 2.62. The topological polar surface area (TPSA) is 55.1 Å². The van der Waals surface area contributed by atoms with Crippen molar-refractivity contribution in [3.05, 3.63) is 65.7 Å². The summed E-state index contributed by atoms with van der Waals surface area (Å²) in [5, 5.41) is 2.81. The molecule has 3 rings (SSSR count). The highest BCUT2D eigenvalue weighted by atomic mass is 32.1. The Morgan fingerprint density at radius 1 is 1.20 bits per heavy atom. The highest BCUT2D eigenvalue weighted by Crippen LogP contribution is 2.27. The Hall–Kier alpha value is -2.40. The van der Waals surface area contributed by atoms with Gasteiger partial charge in [0.1, 0.15) is 11.5 Å². The number of nitrogens with one attached hydrogen (secondary N) is 1. The minimum atomic E-state index is -0.193. The Labute approximate surface area is 120 Å². The van der Waals surface area contributed by atoms with Gasteiger partial charge in [0, 0.05) is 0 Å². The predicted molar refractivity (Wildman–Crippen MR) is 77.4 cm³/mol. The number of thiazole rings is 1. The van der Waals surface area contributed by atoms with E-state index in [4.69, 9.17) is 4.42 Å². The quantitative estimate of drug-likeness (QED) is 0.799. The second-order valence-corrected chi connectivity index (χ2v) is 5.01. The van der Waals surface area contributed by atoms with Gasteiger partial charge in [0.25, 0.3) is 5.91 Å². The average Bonchev–Trinajstić information content (AvgIpc) is 3.17. The number of aromatic nitrogens is 1. The predicted octanol–water partition coefficient (Wildman–Crippen LogP) is 3.33. The number of rotatable bonds is 4. The van der Waals surface area contributed by atoms with Gasteiger partial charge >= 0.3 is 0 Å². The third-order valence-corrected chi connectivity index (χ3v) is 3.70. The number of carbonyl (C=O) groups excluding carboxylic acids is 1. The number of furan rings is 1. The fraction of sp³-hybridized carbons (Fsp3) is 0.0667. The molecule has 0 aliphatic heterocycles. The smallest absolute Gasteiger partial charge is 0.271 e. The lowest BCUT2D eigenvalue weighted by Gasteiger charge is -2.03. The lowest BCUT2D eigenvalue weighted by molar-refractivity contribution is 0.0944. The summed E-state index contributed by atoms with van der Waals surface area (Å²) < 4.78 is 5.18. The minimum Gasteiger partial charge on any atom is -0.467 e. The first-order valence-corrected chi connectivity index (χ1v) is 7.02. The summed E-state index contributed by atoms with van der Waals surface area (Å²) in [5.74, 6) is 0.524. The molecule has 5 heteroatoms. The Morgan fingerprint density at radius 3 is 2.80 bits per heavy atom. The standard InChI is InChI=1S/C15H12N2O2S/c18-15(16-9-12-7-4-8-19-12)13-14(20-10-17-13)11-5-2-1-3-6-11/h1-8,10H,9H2,(H,16,18). The van der Waals surface area contributed by atoms with Crippen LogP contribution in [0.3, 0.4) is 0 Å². The number of hydrogen-bond donors (Lipinski definition) is 1. The number of amides is 1. The zero-order valence-corrected chi connectivity index (χ0v) is 11.4. The van der Waals surface area contributed by atoms with Gasteiger partial charge in [-0.3, -0.25) is 4.79 Å². The molecule has 2 aromatic heterocycles. The van der Waals surface area contributed by atoms with Gasteiger partial charge in [-0.2, -0.15) is 0 Å². The minimum absolute atomic E-state index is 0.193. The number of carbonyl (C=O) groups is 1. The normalized spacial score (nSPS) is 10.4. The molecule has 1 amide bonds. The van der Waals surface area contributed by atoms with E-state index in [2.05, 4.69) is 10.3 Å². The van der Waals surface area contributed by atoms with Gasteiger partial charge in [-0.05, 0) is 17.7 Å². The molecule has 4 nitrogen and oxygen atoms in total. The summed E-state index contributed by atoms with van der Waals surface area (Å²) in [4.78, 5) is 17.2. The molecule has 1 N–H and O–H groups in total. The number of hydrogen-bond acceptors (Lipinski definition) is 4. The average molecular weight is 284 g/mol. The monoisotopic (exact) mass is 284 g/mol. The molecule has 0 unspecified atom stereocenters. The molecule has 2 heterocycles.